The van der Waals surface area contributed by atoms with Gasteiger partial charge in [0.2, 0.25) is 11.7 Å². The lowest BCUT2D eigenvalue weighted by Crippen LogP contribution is -2.45. The van der Waals surface area contributed by atoms with E-state index in [-0.39, 0.29) is 11.5 Å². The predicted molar refractivity (Wildman–Crippen MR) is 145 cm³/mol. The molecular formula is C28H35N7O2. The van der Waals surface area contributed by atoms with Gasteiger partial charge in [-0.25, -0.2) is 0 Å². The van der Waals surface area contributed by atoms with Crippen LogP contribution in [0.25, 0.3) is 16.7 Å². The van der Waals surface area contributed by atoms with Gasteiger partial charge in [0.15, 0.2) is 0 Å². The maximum atomic E-state index is 13.4. The molecule has 1 aliphatic heterocycles. The Hall–Kier alpha value is -3.56. The van der Waals surface area contributed by atoms with Gasteiger partial charge < -0.3 is 15.1 Å². The van der Waals surface area contributed by atoms with Gasteiger partial charge in [-0.3, -0.25) is 18.6 Å². The topological polar surface area (TPSA) is 87.8 Å². The Labute approximate surface area is 216 Å². The van der Waals surface area contributed by atoms with Crippen molar-refractivity contribution >= 4 is 22.6 Å². The lowest BCUT2D eigenvalue weighted by molar-refractivity contribution is -0.121. The van der Waals surface area contributed by atoms with Crippen LogP contribution < -0.4 is 10.9 Å². The fourth-order valence-corrected chi connectivity index (χ4v) is 4.91. The molecule has 0 bridgehead atoms. The molecule has 0 unspecified atom stereocenters. The molecule has 0 spiro atoms. The Morgan fingerprint density at radius 2 is 1.76 bits per heavy atom. The fourth-order valence-electron chi connectivity index (χ4n) is 4.91. The fraction of sp³-hybridized carbons (Fsp3) is 0.429. The first-order chi connectivity index (χ1) is 18.0. The molecule has 0 radical (unpaired) electrons. The molecule has 1 aliphatic rings. The summed E-state index contributed by atoms with van der Waals surface area (Å²) in [5.74, 6) is 1.18. The van der Waals surface area contributed by atoms with E-state index in [1.807, 2.05) is 59.9 Å². The average Bonchev–Trinajstić information content (AvgIpc) is 3.34. The Bertz CT molecular complexity index is 1430. The normalized spacial score (nSPS) is 15.0. The molecule has 1 amide bonds. The summed E-state index contributed by atoms with van der Waals surface area (Å²) in [5.41, 5.74) is 2.85. The van der Waals surface area contributed by atoms with Crippen LogP contribution in [0.5, 0.6) is 0 Å². The first kappa shape index (κ1) is 25.1. The van der Waals surface area contributed by atoms with Crippen LogP contribution in [0.1, 0.15) is 29.8 Å². The summed E-state index contributed by atoms with van der Waals surface area (Å²) in [6.07, 6.45) is 1.71. The molecule has 1 N–H and O–H groups in total. The van der Waals surface area contributed by atoms with Crippen LogP contribution in [0.2, 0.25) is 0 Å². The first-order valence-electron chi connectivity index (χ1n) is 13.1. The van der Waals surface area contributed by atoms with Crippen molar-refractivity contribution < 1.29 is 4.79 Å². The van der Waals surface area contributed by atoms with Gasteiger partial charge in [-0.15, -0.1) is 10.2 Å². The maximum Gasteiger partial charge on any atom is 0.263 e. The van der Waals surface area contributed by atoms with Crippen LogP contribution in [0.15, 0.2) is 53.3 Å². The van der Waals surface area contributed by atoms with Gasteiger partial charge in [0.1, 0.15) is 5.82 Å². The summed E-state index contributed by atoms with van der Waals surface area (Å²) in [6.45, 7) is 8.51. The number of hydrogen-bond acceptors (Lipinski definition) is 6. The van der Waals surface area contributed by atoms with Gasteiger partial charge >= 0.3 is 0 Å². The van der Waals surface area contributed by atoms with E-state index in [1.54, 1.807) is 4.57 Å². The van der Waals surface area contributed by atoms with Crippen LogP contribution >= 0.6 is 0 Å². The van der Waals surface area contributed by atoms with Crippen molar-refractivity contribution in [3.63, 3.8) is 0 Å². The second-order valence-corrected chi connectivity index (χ2v) is 9.99. The third-order valence-corrected chi connectivity index (χ3v) is 7.18. The van der Waals surface area contributed by atoms with Crippen LogP contribution in [0.3, 0.4) is 0 Å². The van der Waals surface area contributed by atoms with Gasteiger partial charge in [-0.05, 0) is 44.6 Å². The Balaban J connectivity index is 1.28. The molecule has 1 saturated heterocycles. The Morgan fingerprint density at radius 3 is 2.54 bits per heavy atom. The smallest absolute Gasteiger partial charge is 0.263 e. The zero-order chi connectivity index (χ0) is 25.8. The second-order valence-electron chi connectivity index (χ2n) is 9.99. The highest BCUT2D eigenvalue weighted by molar-refractivity contribution is 5.80. The van der Waals surface area contributed by atoms with Gasteiger partial charge in [-0.2, -0.15) is 0 Å². The molecule has 3 heterocycles. The zero-order valence-corrected chi connectivity index (χ0v) is 21.7. The van der Waals surface area contributed by atoms with E-state index >= 15 is 0 Å². The van der Waals surface area contributed by atoms with Gasteiger partial charge in [-0.1, -0.05) is 42.0 Å². The minimum absolute atomic E-state index is 0.00686. The molecule has 9 heteroatoms. The SMILES string of the molecule is Cc1ccc(Cn2c(=O)c3ccccc3n3c(CCC(=O)NCCCN4CCN(C)CC4)nnc23)cc1. The second kappa shape index (κ2) is 11.2. The number of nitrogens with zero attached hydrogens (tertiary/aromatic N) is 6. The predicted octanol–water partition coefficient (Wildman–Crippen LogP) is 2.09. The van der Waals surface area contributed by atoms with Crippen molar-refractivity contribution in [2.45, 2.75) is 32.7 Å². The molecule has 1 fully saturated rings. The summed E-state index contributed by atoms with van der Waals surface area (Å²) < 4.78 is 3.59. The minimum atomic E-state index is -0.0966. The van der Waals surface area contributed by atoms with Crippen molar-refractivity contribution in [2.24, 2.45) is 0 Å². The highest BCUT2D eigenvalue weighted by Crippen LogP contribution is 2.17. The van der Waals surface area contributed by atoms with E-state index in [4.69, 9.17) is 0 Å². The third-order valence-electron chi connectivity index (χ3n) is 7.18. The zero-order valence-electron chi connectivity index (χ0n) is 21.7. The number of carbonyl (C=O) groups excluding carboxylic acids is 1. The number of amides is 1. The average molecular weight is 502 g/mol. The number of piperazine rings is 1. The van der Waals surface area contributed by atoms with E-state index in [1.165, 1.54) is 5.56 Å². The molecule has 9 nitrogen and oxygen atoms in total. The molecule has 2 aromatic carbocycles. The molecule has 0 aliphatic carbocycles. The summed E-state index contributed by atoms with van der Waals surface area (Å²) in [4.78, 5) is 30.8. The molecule has 4 aromatic rings. The highest BCUT2D eigenvalue weighted by Gasteiger charge is 2.18. The van der Waals surface area contributed by atoms with Crippen LogP contribution in [-0.2, 0) is 17.8 Å². The first-order valence-corrected chi connectivity index (χ1v) is 13.1. The Morgan fingerprint density at radius 1 is 1.00 bits per heavy atom. The summed E-state index contributed by atoms with van der Waals surface area (Å²) in [6, 6.07) is 15.6. The van der Waals surface area contributed by atoms with Gasteiger partial charge in [0.05, 0.1) is 17.4 Å². The van der Waals surface area contributed by atoms with E-state index in [2.05, 4.69) is 32.4 Å². The van der Waals surface area contributed by atoms with Crippen molar-refractivity contribution in [1.29, 1.82) is 0 Å². The van der Waals surface area contributed by atoms with Crippen LogP contribution in [-0.4, -0.2) is 81.2 Å². The van der Waals surface area contributed by atoms with Crippen molar-refractivity contribution in [1.82, 2.24) is 34.3 Å². The molecule has 5 rings (SSSR count). The van der Waals surface area contributed by atoms with Crippen LogP contribution in [0, 0.1) is 6.92 Å². The van der Waals surface area contributed by atoms with E-state index in [0.717, 1.165) is 50.2 Å². The van der Waals surface area contributed by atoms with Crippen molar-refractivity contribution in [3.8, 4) is 0 Å². The number of para-hydroxylation sites is 1. The molecule has 2 aromatic heterocycles. The number of nitrogens with one attached hydrogen (secondary N) is 1. The van der Waals surface area contributed by atoms with Gasteiger partial charge in [0, 0.05) is 45.6 Å². The molecule has 37 heavy (non-hydrogen) atoms. The number of rotatable bonds is 9. The number of aromatic nitrogens is 4. The van der Waals surface area contributed by atoms with Gasteiger partial charge in [0.25, 0.3) is 5.56 Å². The quantitative estimate of drug-likeness (QED) is 0.354. The summed E-state index contributed by atoms with van der Waals surface area (Å²) in [7, 11) is 2.15. The number of likely N-dealkylation sites (N-methyl/N-ethyl adjacent to an activating group) is 1. The van der Waals surface area contributed by atoms with E-state index in [0.29, 0.717) is 42.9 Å². The molecule has 0 atom stereocenters. The molecule has 194 valence electrons. The highest BCUT2D eigenvalue weighted by atomic mass is 16.1. The third kappa shape index (κ3) is 5.73. The largest absolute Gasteiger partial charge is 0.356 e. The lowest BCUT2D eigenvalue weighted by atomic mass is 10.1. The lowest BCUT2D eigenvalue weighted by Gasteiger charge is -2.32. The van der Waals surface area contributed by atoms with E-state index in [9.17, 15) is 9.59 Å². The monoisotopic (exact) mass is 501 g/mol. The number of carbonyl (C=O) groups is 1. The number of benzene rings is 2. The van der Waals surface area contributed by atoms with Crippen molar-refractivity contribution in [2.75, 3.05) is 46.3 Å². The van der Waals surface area contributed by atoms with Crippen LogP contribution in [0.4, 0.5) is 0 Å². The summed E-state index contributed by atoms with van der Waals surface area (Å²) >= 11 is 0. The number of fused-ring (bicyclic) bond motifs is 3. The maximum absolute atomic E-state index is 13.4. The standard InChI is InChI=1S/C28H35N7O2/c1-21-8-10-22(11-9-21)20-34-27(37)23-6-3-4-7-24(23)35-25(30-31-28(34)35)12-13-26(36)29-14-5-15-33-18-16-32(2)17-19-33/h3-4,6-11H,5,12-20H2,1-2H3,(H,29,36). The molecular weight excluding hydrogens is 466 g/mol. The van der Waals surface area contributed by atoms with E-state index < -0.39 is 0 Å². The molecule has 0 saturated carbocycles. The Kier molecular flexibility index (Phi) is 7.62. The number of aryl methyl sites for hydroxylation is 2. The minimum Gasteiger partial charge on any atom is -0.356 e. The summed E-state index contributed by atoms with van der Waals surface area (Å²) in [5, 5.41) is 12.4. The van der Waals surface area contributed by atoms with Crippen molar-refractivity contribution in [3.05, 3.63) is 75.8 Å². The number of hydrogen-bond donors (Lipinski definition) is 1.